The van der Waals surface area contributed by atoms with Crippen molar-refractivity contribution in [3.05, 3.63) is 29.3 Å². The predicted molar refractivity (Wildman–Crippen MR) is 113 cm³/mol. The quantitative estimate of drug-likeness (QED) is 0.756. The zero-order chi connectivity index (χ0) is 19.7. The number of aromatic nitrogens is 1. The van der Waals surface area contributed by atoms with Gasteiger partial charge in [0.15, 0.2) is 0 Å². The maximum absolute atomic E-state index is 12.7. The van der Waals surface area contributed by atoms with Crippen LogP contribution in [0, 0.1) is 11.8 Å². The third-order valence-corrected chi connectivity index (χ3v) is 7.59. The number of hydrogen-bond acceptors (Lipinski definition) is 5. The average Bonchev–Trinajstić information content (AvgIpc) is 3.27. The SMILES string of the molecule is CN(C)[C@@H]1C[C@@H]2CN(C(=O)CCCCc3nc4ccccc4s3)C[C@@H]2C[C@H]1O. The second-order valence-corrected chi connectivity index (χ2v) is 9.79. The van der Waals surface area contributed by atoms with E-state index in [1.165, 1.54) is 9.71 Å². The molecule has 2 heterocycles. The Kier molecular flexibility index (Phi) is 5.99. The first-order valence-electron chi connectivity index (χ1n) is 10.5. The van der Waals surface area contributed by atoms with Gasteiger partial charge in [0, 0.05) is 25.6 Å². The highest BCUT2D eigenvalue weighted by Crippen LogP contribution is 2.38. The van der Waals surface area contributed by atoms with Crippen LogP contribution >= 0.6 is 11.3 Å². The number of carbonyl (C=O) groups excluding carboxylic acids is 1. The molecule has 1 saturated carbocycles. The molecule has 2 aromatic rings. The molecule has 0 unspecified atom stereocenters. The van der Waals surface area contributed by atoms with E-state index in [0.29, 0.717) is 18.3 Å². The van der Waals surface area contributed by atoms with Crippen LogP contribution in [0.1, 0.15) is 37.1 Å². The van der Waals surface area contributed by atoms with E-state index < -0.39 is 0 Å². The molecule has 2 aliphatic rings. The fourth-order valence-electron chi connectivity index (χ4n) is 4.90. The van der Waals surface area contributed by atoms with Crippen molar-refractivity contribution >= 4 is 27.5 Å². The molecule has 5 nitrogen and oxygen atoms in total. The number of amides is 1. The van der Waals surface area contributed by atoms with Crippen molar-refractivity contribution in [3.63, 3.8) is 0 Å². The van der Waals surface area contributed by atoms with E-state index in [-0.39, 0.29) is 18.1 Å². The number of rotatable bonds is 6. The lowest BCUT2D eigenvalue weighted by atomic mass is 9.77. The molecule has 2 fully saturated rings. The van der Waals surface area contributed by atoms with Gasteiger partial charge < -0.3 is 14.9 Å². The van der Waals surface area contributed by atoms with E-state index in [4.69, 9.17) is 0 Å². The number of nitrogens with zero attached hydrogens (tertiary/aromatic N) is 3. The Balaban J connectivity index is 1.22. The van der Waals surface area contributed by atoms with Gasteiger partial charge in [-0.3, -0.25) is 4.79 Å². The number of benzene rings is 1. The summed E-state index contributed by atoms with van der Waals surface area (Å²) in [6.07, 6.45) is 5.07. The number of fused-ring (bicyclic) bond motifs is 2. The molecule has 0 bridgehead atoms. The van der Waals surface area contributed by atoms with Crippen molar-refractivity contribution in [2.45, 2.75) is 50.7 Å². The van der Waals surface area contributed by atoms with E-state index in [9.17, 15) is 9.90 Å². The smallest absolute Gasteiger partial charge is 0.222 e. The summed E-state index contributed by atoms with van der Waals surface area (Å²) in [5.74, 6) is 1.30. The van der Waals surface area contributed by atoms with Crippen LogP contribution in [-0.4, -0.2) is 65.1 Å². The van der Waals surface area contributed by atoms with Crippen LogP contribution in [-0.2, 0) is 11.2 Å². The Morgan fingerprint density at radius 2 is 1.96 bits per heavy atom. The standard InChI is InChI=1S/C22H31N3O2S/c1-24(2)18-11-15-13-25(14-16(15)12-19(18)26)22(27)10-6-5-9-21-23-17-7-3-4-8-20(17)28-21/h3-4,7-8,15-16,18-19,26H,5-6,9-14H2,1-2H3/t15-,16+,18-,19-/m1/s1. The third-order valence-electron chi connectivity index (χ3n) is 6.49. The topological polar surface area (TPSA) is 56.7 Å². The van der Waals surface area contributed by atoms with E-state index in [1.54, 1.807) is 11.3 Å². The summed E-state index contributed by atoms with van der Waals surface area (Å²) in [7, 11) is 4.08. The van der Waals surface area contributed by atoms with Gasteiger partial charge in [-0.2, -0.15) is 0 Å². The van der Waals surface area contributed by atoms with Gasteiger partial charge in [0.25, 0.3) is 0 Å². The molecule has 0 radical (unpaired) electrons. The highest BCUT2D eigenvalue weighted by molar-refractivity contribution is 7.18. The molecule has 6 heteroatoms. The van der Waals surface area contributed by atoms with Crippen molar-refractivity contribution in [2.75, 3.05) is 27.2 Å². The second-order valence-electron chi connectivity index (χ2n) is 8.67. The molecule has 1 amide bonds. The summed E-state index contributed by atoms with van der Waals surface area (Å²) >= 11 is 1.76. The minimum Gasteiger partial charge on any atom is -0.391 e. The summed E-state index contributed by atoms with van der Waals surface area (Å²) < 4.78 is 1.24. The van der Waals surface area contributed by atoms with Gasteiger partial charge in [-0.1, -0.05) is 12.1 Å². The van der Waals surface area contributed by atoms with Crippen LogP contribution in [0.2, 0.25) is 0 Å². The molecule has 1 aromatic carbocycles. The van der Waals surface area contributed by atoms with Gasteiger partial charge in [0.2, 0.25) is 5.91 Å². The summed E-state index contributed by atoms with van der Waals surface area (Å²) in [4.78, 5) is 21.5. The van der Waals surface area contributed by atoms with Crippen LogP contribution in [0.15, 0.2) is 24.3 Å². The summed E-state index contributed by atoms with van der Waals surface area (Å²) in [6, 6.07) is 8.48. The van der Waals surface area contributed by atoms with Crippen molar-refractivity contribution in [3.8, 4) is 0 Å². The maximum Gasteiger partial charge on any atom is 0.222 e. The van der Waals surface area contributed by atoms with E-state index in [2.05, 4.69) is 33.0 Å². The van der Waals surface area contributed by atoms with Gasteiger partial charge in [-0.05, 0) is 70.2 Å². The molecule has 1 aliphatic heterocycles. The molecular weight excluding hydrogens is 370 g/mol. The normalized spacial score (nSPS) is 27.5. The van der Waals surface area contributed by atoms with Crippen molar-refractivity contribution in [1.82, 2.24) is 14.8 Å². The predicted octanol–water partition coefficient (Wildman–Crippen LogP) is 3.17. The molecule has 28 heavy (non-hydrogen) atoms. The van der Waals surface area contributed by atoms with E-state index >= 15 is 0 Å². The number of para-hydroxylation sites is 1. The number of unbranched alkanes of at least 4 members (excludes halogenated alkanes) is 1. The zero-order valence-corrected chi connectivity index (χ0v) is 17.7. The Labute approximate surface area is 171 Å². The van der Waals surface area contributed by atoms with Gasteiger partial charge in [0.1, 0.15) is 0 Å². The molecule has 1 aromatic heterocycles. The lowest BCUT2D eigenvalue weighted by Crippen LogP contribution is -2.46. The zero-order valence-electron chi connectivity index (χ0n) is 16.9. The highest BCUT2D eigenvalue weighted by atomic mass is 32.1. The molecule has 1 saturated heterocycles. The second kappa shape index (κ2) is 8.47. The Morgan fingerprint density at radius 1 is 1.21 bits per heavy atom. The third kappa shape index (κ3) is 4.24. The Morgan fingerprint density at radius 3 is 2.71 bits per heavy atom. The monoisotopic (exact) mass is 401 g/mol. The number of aryl methyl sites for hydroxylation is 1. The van der Waals surface area contributed by atoms with Gasteiger partial charge in [-0.15, -0.1) is 11.3 Å². The molecule has 1 aliphatic carbocycles. The lowest BCUT2D eigenvalue weighted by molar-refractivity contribution is -0.130. The molecule has 152 valence electrons. The number of likely N-dealkylation sites (tertiary alicyclic amines) is 1. The Bertz CT molecular complexity index is 788. The first-order valence-corrected chi connectivity index (χ1v) is 11.3. The minimum atomic E-state index is -0.264. The molecule has 0 spiro atoms. The van der Waals surface area contributed by atoms with Crippen LogP contribution in [0.5, 0.6) is 0 Å². The average molecular weight is 402 g/mol. The fraction of sp³-hybridized carbons (Fsp3) is 0.636. The molecular formula is C22H31N3O2S. The van der Waals surface area contributed by atoms with Crippen molar-refractivity contribution < 1.29 is 9.90 Å². The van der Waals surface area contributed by atoms with Gasteiger partial charge >= 0.3 is 0 Å². The molecule has 4 atom stereocenters. The summed E-state index contributed by atoms with van der Waals surface area (Å²) in [5.41, 5.74) is 1.08. The summed E-state index contributed by atoms with van der Waals surface area (Å²) in [5, 5.41) is 11.6. The largest absolute Gasteiger partial charge is 0.391 e. The van der Waals surface area contributed by atoms with Gasteiger partial charge in [0.05, 0.1) is 21.3 Å². The first-order chi connectivity index (χ1) is 13.5. The van der Waals surface area contributed by atoms with Crippen LogP contribution in [0.25, 0.3) is 10.2 Å². The van der Waals surface area contributed by atoms with E-state index in [1.807, 2.05) is 20.2 Å². The minimum absolute atomic E-state index is 0.227. The van der Waals surface area contributed by atoms with Crippen molar-refractivity contribution in [1.29, 1.82) is 0 Å². The number of thiazole rings is 1. The number of likely N-dealkylation sites (N-methyl/N-ethyl adjacent to an activating group) is 1. The van der Waals surface area contributed by atoms with Crippen LogP contribution < -0.4 is 0 Å². The number of aliphatic hydroxyl groups is 1. The van der Waals surface area contributed by atoms with Crippen LogP contribution in [0.3, 0.4) is 0 Å². The molecule has 1 N–H and O–H groups in total. The lowest BCUT2D eigenvalue weighted by Gasteiger charge is -2.38. The highest BCUT2D eigenvalue weighted by Gasteiger charge is 2.43. The number of aliphatic hydroxyl groups excluding tert-OH is 1. The van der Waals surface area contributed by atoms with E-state index in [0.717, 1.165) is 50.7 Å². The maximum atomic E-state index is 12.7. The number of hydrogen-bond donors (Lipinski definition) is 1. The Hall–Kier alpha value is -1.50. The van der Waals surface area contributed by atoms with Crippen LogP contribution in [0.4, 0.5) is 0 Å². The number of carbonyl (C=O) groups is 1. The molecule has 4 rings (SSSR count). The first kappa shape index (κ1) is 19.8. The van der Waals surface area contributed by atoms with Gasteiger partial charge in [-0.25, -0.2) is 4.98 Å². The summed E-state index contributed by atoms with van der Waals surface area (Å²) in [6.45, 7) is 1.71. The fourth-order valence-corrected chi connectivity index (χ4v) is 5.91. The van der Waals surface area contributed by atoms with Crippen molar-refractivity contribution in [2.24, 2.45) is 11.8 Å².